The SMILES string of the molecule is CCCCCCCCOc1cc(C)c(Br)c(CBr)c1. The zero-order valence-corrected chi connectivity index (χ0v) is 15.1. The topological polar surface area (TPSA) is 9.23 Å². The first kappa shape index (κ1) is 17.0. The van der Waals surface area contributed by atoms with Gasteiger partial charge in [-0.05, 0) is 36.6 Å². The predicted octanol–water partition coefficient (Wildman–Crippen LogP) is 6.39. The average molecular weight is 392 g/mol. The molecule has 0 aliphatic heterocycles. The highest BCUT2D eigenvalue weighted by molar-refractivity contribution is 9.10. The first-order chi connectivity index (χ1) is 9.19. The highest BCUT2D eigenvalue weighted by atomic mass is 79.9. The summed E-state index contributed by atoms with van der Waals surface area (Å²) < 4.78 is 7.03. The Morgan fingerprint density at radius 2 is 1.74 bits per heavy atom. The van der Waals surface area contributed by atoms with Crippen LogP contribution < -0.4 is 4.74 Å². The van der Waals surface area contributed by atoms with Gasteiger partial charge in [0.15, 0.2) is 0 Å². The summed E-state index contributed by atoms with van der Waals surface area (Å²) in [6, 6.07) is 4.22. The largest absolute Gasteiger partial charge is 0.494 e. The van der Waals surface area contributed by atoms with E-state index in [-0.39, 0.29) is 0 Å². The third-order valence-corrected chi connectivity index (χ3v) is 4.95. The number of benzene rings is 1. The molecule has 1 aromatic carbocycles. The molecule has 0 heterocycles. The summed E-state index contributed by atoms with van der Waals surface area (Å²) in [5.74, 6) is 0.990. The lowest BCUT2D eigenvalue weighted by atomic mass is 10.1. The van der Waals surface area contributed by atoms with Crippen LogP contribution in [0.2, 0.25) is 0 Å². The lowest BCUT2D eigenvalue weighted by molar-refractivity contribution is 0.304. The molecule has 0 saturated heterocycles. The Balaban J connectivity index is 2.31. The number of hydrogen-bond donors (Lipinski definition) is 0. The first-order valence-corrected chi connectivity index (χ1v) is 9.08. The molecule has 0 unspecified atom stereocenters. The summed E-state index contributed by atoms with van der Waals surface area (Å²) in [6.07, 6.45) is 7.81. The van der Waals surface area contributed by atoms with Gasteiger partial charge in [-0.25, -0.2) is 0 Å². The average Bonchev–Trinajstić information content (AvgIpc) is 2.41. The smallest absolute Gasteiger partial charge is 0.119 e. The number of ether oxygens (including phenoxy) is 1. The molecular weight excluding hydrogens is 368 g/mol. The molecule has 0 aliphatic rings. The molecule has 1 rings (SSSR count). The van der Waals surface area contributed by atoms with Crippen LogP contribution in [0.5, 0.6) is 5.75 Å². The lowest BCUT2D eigenvalue weighted by Crippen LogP contribution is -1.99. The third kappa shape index (κ3) is 6.31. The van der Waals surface area contributed by atoms with Crippen LogP contribution in [0.3, 0.4) is 0 Å². The van der Waals surface area contributed by atoms with Gasteiger partial charge in [0, 0.05) is 9.80 Å². The molecule has 0 fully saturated rings. The zero-order valence-electron chi connectivity index (χ0n) is 12.0. The van der Waals surface area contributed by atoms with Crippen LogP contribution in [-0.4, -0.2) is 6.61 Å². The van der Waals surface area contributed by atoms with Gasteiger partial charge in [0.2, 0.25) is 0 Å². The number of rotatable bonds is 9. The van der Waals surface area contributed by atoms with E-state index in [1.54, 1.807) is 0 Å². The van der Waals surface area contributed by atoms with E-state index in [9.17, 15) is 0 Å². The molecule has 0 saturated carbocycles. The van der Waals surface area contributed by atoms with E-state index < -0.39 is 0 Å². The Morgan fingerprint density at radius 3 is 2.42 bits per heavy atom. The molecule has 0 radical (unpaired) electrons. The zero-order chi connectivity index (χ0) is 14.1. The van der Waals surface area contributed by atoms with Gasteiger partial charge in [-0.3, -0.25) is 0 Å². The third-order valence-electron chi connectivity index (χ3n) is 3.21. The highest BCUT2D eigenvalue weighted by Crippen LogP contribution is 2.28. The minimum absolute atomic E-state index is 0.828. The maximum absolute atomic E-state index is 5.85. The van der Waals surface area contributed by atoms with Crippen molar-refractivity contribution < 1.29 is 4.74 Å². The summed E-state index contributed by atoms with van der Waals surface area (Å²) >= 11 is 7.11. The van der Waals surface area contributed by atoms with Crippen LogP contribution in [-0.2, 0) is 5.33 Å². The van der Waals surface area contributed by atoms with Crippen LogP contribution in [0.4, 0.5) is 0 Å². The van der Waals surface area contributed by atoms with Crippen LogP contribution >= 0.6 is 31.9 Å². The number of unbranched alkanes of at least 4 members (excludes halogenated alkanes) is 5. The minimum Gasteiger partial charge on any atom is -0.494 e. The quantitative estimate of drug-likeness (QED) is 0.350. The fourth-order valence-electron chi connectivity index (χ4n) is 2.06. The Morgan fingerprint density at radius 1 is 1.05 bits per heavy atom. The van der Waals surface area contributed by atoms with Gasteiger partial charge in [-0.1, -0.05) is 70.9 Å². The fraction of sp³-hybridized carbons (Fsp3) is 0.625. The fourth-order valence-corrected chi connectivity index (χ4v) is 3.25. The summed E-state index contributed by atoms with van der Waals surface area (Å²) in [4.78, 5) is 0. The van der Waals surface area contributed by atoms with Crippen LogP contribution in [0, 0.1) is 6.92 Å². The van der Waals surface area contributed by atoms with E-state index in [4.69, 9.17) is 4.74 Å². The highest BCUT2D eigenvalue weighted by Gasteiger charge is 2.05. The maximum Gasteiger partial charge on any atom is 0.119 e. The molecule has 3 heteroatoms. The Bertz CT molecular complexity index is 377. The van der Waals surface area contributed by atoms with E-state index in [1.165, 1.54) is 47.7 Å². The normalized spacial score (nSPS) is 10.7. The molecule has 0 N–H and O–H groups in total. The standard InChI is InChI=1S/C16H24Br2O/c1-3-4-5-6-7-8-9-19-15-10-13(2)16(18)14(11-15)12-17/h10-11H,3-9,12H2,1-2H3. The predicted molar refractivity (Wildman–Crippen MR) is 90.4 cm³/mol. The van der Waals surface area contributed by atoms with E-state index in [1.807, 2.05) is 0 Å². The summed E-state index contributed by atoms with van der Waals surface area (Å²) in [6.45, 7) is 5.18. The molecule has 0 atom stereocenters. The van der Waals surface area contributed by atoms with Gasteiger partial charge in [-0.15, -0.1) is 0 Å². The molecule has 0 aliphatic carbocycles. The van der Waals surface area contributed by atoms with Crippen molar-refractivity contribution >= 4 is 31.9 Å². The van der Waals surface area contributed by atoms with Gasteiger partial charge < -0.3 is 4.74 Å². The molecule has 0 spiro atoms. The van der Waals surface area contributed by atoms with Crippen molar-refractivity contribution in [1.29, 1.82) is 0 Å². The Kier molecular flexibility index (Phi) is 8.80. The van der Waals surface area contributed by atoms with Gasteiger partial charge in [0.25, 0.3) is 0 Å². The number of hydrogen-bond acceptors (Lipinski definition) is 1. The first-order valence-electron chi connectivity index (χ1n) is 7.16. The van der Waals surface area contributed by atoms with Crippen molar-refractivity contribution in [2.75, 3.05) is 6.61 Å². The molecular formula is C16H24Br2O. The van der Waals surface area contributed by atoms with Crippen molar-refractivity contribution in [2.45, 2.75) is 57.7 Å². The summed E-state index contributed by atoms with van der Waals surface area (Å²) in [5.41, 5.74) is 2.48. The van der Waals surface area contributed by atoms with E-state index >= 15 is 0 Å². The number of halogens is 2. The second-order valence-corrected chi connectivity index (χ2v) is 6.32. The van der Waals surface area contributed by atoms with Gasteiger partial charge in [-0.2, -0.15) is 0 Å². The van der Waals surface area contributed by atoms with Crippen molar-refractivity contribution in [3.05, 3.63) is 27.7 Å². The van der Waals surface area contributed by atoms with E-state index in [2.05, 4.69) is 57.8 Å². The molecule has 108 valence electrons. The number of aryl methyl sites for hydroxylation is 1. The monoisotopic (exact) mass is 390 g/mol. The minimum atomic E-state index is 0.828. The Labute approximate surface area is 134 Å². The molecule has 0 amide bonds. The number of alkyl halides is 1. The second kappa shape index (κ2) is 9.82. The summed E-state index contributed by atoms with van der Waals surface area (Å²) in [7, 11) is 0. The van der Waals surface area contributed by atoms with Gasteiger partial charge >= 0.3 is 0 Å². The maximum atomic E-state index is 5.85. The molecule has 0 bridgehead atoms. The van der Waals surface area contributed by atoms with Crippen molar-refractivity contribution in [2.24, 2.45) is 0 Å². The van der Waals surface area contributed by atoms with Crippen molar-refractivity contribution in [3.63, 3.8) is 0 Å². The van der Waals surface area contributed by atoms with Gasteiger partial charge in [0.05, 0.1) is 6.61 Å². The van der Waals surface area contributed by atoms with Crippen LogP contribution in [0.1, 0.15) is 56.6 Å². The van der Waals surface area contributed by atoms with Gasteiger partial charge in [0.1, 0.15) is 5.75 Å². The Hall–Kier alpha value is -0.0200. The summed E-state index contributed by atoms with van der Waals surface area (Å²) in [5, 5.41) is 0.850. The van der Waals surface area contributed by atoms with Crippen LogP contribution in [0.25, 0.3) is 0 Å². The molecule has 0 aromatic heterocycles. The van der Waals surface area contributed by atoms with Crippen molar-refractivity contribution in [3.8, 4) is 5.75 Å². The molecule has 1 nitrogen and oxygen atoms in total. The van der Waals surface area contributed by atoms with Crippen LogP contribution in [0.15, 0.2) is 16.6 Å². The van der Waals surface area contributed by atoms with Crippen molar-refractivity contribution in [1.82, 2.24) is 0 Å². The second-order valence-electron chi connectivity index (χ2n) is 4.96. The van der Waals surface area contributed by atoms with E-state index in [0.29, 0.717) is 0 Å². The molecule has 1 aromatic rings. The molecule has 19 heavy (non-hydrogen) atoms. The lowest BCUT2D eigenvalue weighted by Gasteiger charge is -2.11. The van der Waals surface area contributed by atoms with E-state index in [0.717, 1.165) is 24.1 Å².